The van der Waals surface area contributed by atoms with Gasteiger partial charge in [0.2, 0.25) is 0 Å². The smallest absolute Gasteiger partial charge is 0.0801 e. The van der Waals surface area contributed by atoms with Gasteiger partial charge in [-0.3, -0.25) is 4.99 Å². The number of nitrogens with zero attached hydrogens (tertiary/aromatic N) is 1. The van der Waals surface area contributed by atoms with E-state index in [0.717, 1.165) is 0 Å². The van der Waals surface area contributed by atoms with E-state index in [1.807, 2.05) is 19.1 Å². The molecule has 0 aliphatic carbocycles. The Morgan fingerprint density at radius 3 is 2.86 bits per heavy atom. The molecule has 0 rings (SSSR count). The lowest BCUT2D eigenvalue weighted by Gasteiger charge is -1.75. The van der Waals surface area contributed by atoms with Crippen LogP contribution in [0.1, 0.15) is 6.92 Å². The Morgan fingerprint density at radius 2 is 2.43 bits per heavy atom. The molecule has 0 fully saturated rings. The minimum atomic E-state index is 0.701. The zero-order chi connectivity index (χ0) is 5.54. The van der Waals surface area contributed by atoms with Gasteiger partial charge in [0.1, 0.15) is 0 Å². The molecule has 0 saturated heterocycles. The van der Waals surface area contributed by atoms with Gasteiger partial charge in [0.15, 0.2) is 0 Å². The van der Waals surface area contributed by atoms with Crippen LogP contribution in [0.5, 0.6) is 0 Å². The van der Waals surface area contributed by atoms with Crippen LogP contribution in [0.2, 0.25) is 0 Å². The fourth-order valence-electron chi connectivity index (χ4n) is 0.227. The molecule has 7 heavy (non-hydrogen) atoms. The summed E-state index contributed by atoms with van der Waals surface area (Å²) >= 11 is 0. The zero-order valence-corrected chi connectivity index (χ0v) is 4.46. The summed E-state index contributed by atoms with van der Waals surface area (Å²) in [4.78, 5) is 3.73. The van der Waals surface area contributed by atoms with Crippen molar-refractivity contribution in [1.29, 1.82) is 0 Å². The first kappa shape index (κ1) is 6.21. The second-order valence-corrected chi connectivity index (χ2v) is 1.08. The third kappa shape index (κ3) is 5.21. The predicted octanol–water partition coefficient (Wildman–Crippen LogP) is 0.550. The van der Waals surface area contributed by atoms with Crippen molar-refractivity contribution >= 4 is 6.34 Å². The summed E-state index contributed by atoms with van der Waals surface area (Å²) in [5.74, 6) is 0. The molecule has 0 saturated carbocycles. The molecule has 0 bridgehead atoms. The first-order valence-corrected chi connectivity index (χ1v) is 2.23. The molecule has 40 valence electrons. The van der Waals surface area contributed by atoms with E-state index in [9.17, 15) is 0 Å². The predicted molar refractivity (Wildman–Crippen MR) is 32.4 cm³/mol. The number of rotatable bonds is 2. The number of hydrogen-bond donors (Lipinski definition) is 1. The van der Waals surface area contributed by atoms with Crippen LogP contribution in [0, 0.1) is 0 Å². The maximum Gasteiger partial charge on any atom is 0.0801 e. The van der Waals surface area contributed by atoms with Crippen molar-refractivity contribution in [3.63, 3.8) is 0 Å². The van der Waals surface area contributed by atoms with E-state index in [1.54, 1.807) is 0 Å². The Labute approximate surface area is 43.7 Å². The fraction of sp³-hybridized carbons (Fsp3) is 0.400. The molecule has 0 unspecified atom stereocenters. The Kier molecular flexibility index (Phi) is 4.62. The summed E-state index contributed by atoms with van der Waals surface area (Å²) in [5.41, 5.74) is 4.94. The van der Waals surface area contributed by atoms with Crippen molar-refractivity contribution in [3.05, 3.63) is 12.2 Å². The quantitative estimate of drug-likeness (QED) is 0.306. The van der Waals surface area contributed by atoms with Gasteiger partial charge in [-0.2, -0.15) is 0 Å². The molecular weight excluding hydrogens is 88.1 g/mol. The highest BCUT2D eigenvalue weighted by Gasteiger charge is 1.61. The Balaban J connectivity index is 2.98. The maximum absolute atomic E-state index is 4.94. The second kappa shape index (κ2) is 5.21. The molecule has 2 nitrogen and oxygen atoms in total. The maximum atomic E-state index is 4.94. The van der Waals surface area contributed by atoms with Crippen molar-refractivity contribution < 1.29 is 0 Å². The van der Waals surface area contributed by atoms with E-state index in [0.29, 0.717) is 6.54 Å². The van der Waals surface area contributed by atoms with Crippen molar-refractivity contribution in [2.75, 3.05) is 6.54 Å². The number of hydrogen-bond acceptors (Lipinski definition) is 1. The molecule has 0 atom stereocenters. The summed E-state index contributed by atoms with van der Waals surface area (Å²) in [5, 5.41) is 0. The SMILES string of the molecule is CC=CCN=CN. The summed E-state index contributed by atoms with van der Waals surface area (Å²) in [6, 6.07) is 0. The van der Waals surface area contributed by atoms with E-state index in [1.165, 1.54) is 6.34 Å². The van der Waals surface area contributed by atoms with Crippen LogP contribution >= 0.6 is 0 Å². The molecule has 2 N–H and O–H groups in total. The molecule has 0 heterocycles. The highest BCUT2D eigenvalue weighted by Crippen LogP contribution is 1.69. The molecule has 0 aromatic heterocycles. The minimum Gasteiger partial charge on any atom is -0.390 e. The largest absolute Gasteiger partial charge is 0.390 e. The van der Waals surface area contributed by atoms with E-state index in [2.05, 4.69) is 4.99 Å². The number of nitrogens with two attached hydrogens (primary N) is 1. The number of aliphatic imine (C=N–C) groups is 1. The van der Waals surface area contributed by atoms with Crippen LogP contribution in [0.4, 0.5) is 0 Å². The molecule has 0 aromatic carbocycles. The van der Waals surface area contributed by atoms with Gasteiger partial charge in [-0.1, -0.05) is 12.2 Å². The van der Waals surface area contributed by atoms with Gasteiger partial charge in [0, 0.05) is 0 Å². The molecule has 0 radical (unpaired) electrons. The highest BCUT2D eigenvalue weighted by molar-refractivity contribution is 5.51. The first-order chi connectivity index (χ1) is 3.41. The van der Waals surface area contributed by atoms with Crippen molar-refractivity contribution in [2.45, 2.75) is 6.92 Å². The lowest BCUT2D eigenvalue weighted by atomic mass is 10.5. The average Bonchev–Trinajstić information content (AvgIpc) is 1.69. The van der Waals surface area contributed by atoms with Gasteiger partial charge >= 0.3 is 0 Å². The van der Waals surface area contributed by atoms with E-state index in [4.69, 9.17) is 5.73 Å². The monoisotopic (exact) mass is 98.1 g/mol. The summed E-state index contributed by atoms with van der Waals surface area (Å²) < 4.78 is 0. The first-order valence-electron chi connectivity index (χ1n) is 2.23. The highest BCUT2D eigenvalue weighted by atomic mass is 14.8. The Morgan fingerprint density at radius 1 is 1.71 bits per heavy atom. The molecule has 0 aliphatic rings. The average molecular weight is 98.1 g/mol. The van der Waals surface area contributed by atoms with Gasteiger partial charge in [-0.15, -0.1) is 0 Å². The lowest BCUT2D eigenvalue weighted by molar-refractivity contribution is 1.24. The van der Waals surface area contributed by atoms with Crippen molar-refractivity contribution in [2.24, 2.45) is 10.7 Å². The molecule has 2 heteroatoms. The molecule has 0 aliphatic heterocycles. The third-order valence-corrected chi connectivity index (χ3v) is 0.552. The summed E-state index contributed by atoms with van der Waals surface area (Å²) in [7, 11) is 0. The molecular formula is C5H10N2. The normalized spacial score (nSPS) is 11.6. The van der Waals surface area contributed by atoms with Crippen LogP contribution in [-0.4, -0.2) is 12.9 Å². The van der Waals surface area contributed by atoms with Gasteiger partial charge in [-0.25, -0.2) is 0 Å². The van der Waals surface area contributed by atoms with Gasteiger partial charge in [0.25, 0.3) is 0 Å². The zero-order valence-electron chi connectivity index (χ0n) is 4.46. The van der Waals surface area contributed by atoms with E-state index in [-0.39, 0.29) is 0 Å². The summed E-state index contributed by atoms with van der Waals surface area (Å²) in [6.07, 6.45) is 5.18. The number of allylic oxidation sites excluding steroid dienone is 1. The fourth-order valence-corrected chi connectivity index (χ4v) is 0.227. The Hall–Kier alpha value is -0.790. The van der Waals surface area contributed by atoms with Crippen LogP contribution in [-0.2, 0) is 0 Å². The van der Waals surface area contributed by atoms with Crippen LogP contribution in [0.15, 0.2) is 17.1 Å². The van der Waals surface area contributed by atoms with Gasteiger partial charge < -0.3 is 5.73 Å². The van der Waals surface area contributed by atoms with Crippen molar-refractivity contribution in [3.8, 4) is 0 Å². The molecule has 0 spiro atoms. The van der Waals surface area contributed by atoms with Gasteiger partial charge in [-0.05, 0) is 6.92 Å². The summed E-state index contributed by atoms with van der Waals surface area (Å²) in [6.45, 7) is 2.65. The van der Waals surface area contributed by atoms with Crippen molar-refractivity contribution in [1.82, 2.24) is 0 Å². The molecule has 0 aromatic rings. The van der Waals surface area contributed by atoms with Crippen LogP contribution in [0.25, 0.3) is 0 Å². The van der Waals surface area contributed by atoms with E-state index < -0.39 is 0 Å². The van der Waals surface area contributed by atoms with Gasteiger partial charge in [0.05, 0.1) is 12.9 Å². The standard InChI is InChI=1S/C5H10N2/c1-2-3-4-7-5-6/h2-3,5H,4H2,1H3,(H2,6,7). The second-order valence-electron chi connectivity index (χ2n) is 1.08. The molecule has 0 amide bonds. The van der Waals surface area contributed by atoms with Crippen LogP contribution in [0.3, 0.4) is 0 Å². The lowest BCUT2D eigenvalue weighted by Crippen LogP contribution is -1.88. The topological polar surface area (TPSA) is 38.4 Å². The minimum absolute atomic E-state index is 0.701. The van der Waals surface area contributed by atoms with Crippen LogP contribution < -0.4 is 5.73 Å². The third-order valence-electron chi connectivity index (χ3n) is 0.552. The Bertz CT molecular complexity index is 64.1. The van der Waals surface area contributed by atoms with E-state index >= 15 is 0 Å².